The fourth-order valence-corrected chi connectivity index (χ4v) is 3.70. The average Bonchev–Trinajstić information content (AvgIpc) is 2.74. The molecule has 3 atom stereocenters. The van der Waals surface area contributed by atoms with Gasteiger partial charge in [-0.05, 0) is 50.8 Å². The molecular formula is C11H22N2S. The van der Waals surface area contributed by atoms with Gasteiger partial charge in [0.1, 0.15) is 0 Å². The van der Waals surface area contributed by atoms with Crippen molar-refractivity contribution in [3.8, 4) is 0 Å². The molecule has 0 radical (unpaired) electrons. The van der Waals surface area contributed by atoms with Crippen LogP contribution in [-0.4, -0.2) is 48.6 Å². The first-order valence-corrected chi connectivity index (χ1v) is 6.92. The summed E-state index contributed by atoms with van der Waals surface area (Å²) in [4.78, 5) is 2.46. The fraction of sp³-hybridized carbons (Fsp3) is 1.00. The molecule has 3 unspecified atom stereocenters. The minimum absolute atomic E-state index is 0.751. The molecule has 0 aromatic carbocycles. The van der Waals surface area contributed by atoms with E-state index >= 15 is 0 Å². The highest BCUT2D eigenvalue weighted by atomic mass is 32.2. The van der Waals surface area contributed by atoms with Gasteiger partial charge in [0, 0.05) is 18.6 Å². The summed E-state index contributed by atoms with van der Waals surface area (Å²) in [6.07, 6.45) is 2.76. The smallest absolute Gasteiger partial charge is 0.0209 e. The van der Waals surface area contributed by atoms with Crippen molar-refractivity contribution in [3.05, 3.63) is 0 Å². The summed E-state index contributed by atoms with van der Waals surface area (Å²) >= 11 is 2.12. The molecule has 0 aliphatic carbocycles. The topological polar surface area (TPSA) is 15.3 Å². The van der Waals surface area contributed by atoms with Gasteiger partial charge in [-0.15, -0.1) is 0 Å². The highest BCUT2D eigenvalue weighted by Gasteiger charge is 2.26. The Morgan fingerprint density at radius 1 is 1.50 bits per heavy atom. The van der Waals surface area contributed by atoms with Crippen LogP contribution in [0.5, 0.6) is 0 Å². The van der Waals surface area contributed by atoms with E-state index in [0.29, 0.717) is 0 Å². The van der Waals surface area contributed by atoms with Gasteiger partial charge in [-0.1, -0.05) is 0 Å². The van der Waals surface area contributed by atoms with E-state index in [2.05, 4.69) is 35.9 Å². The maximum atomic E-state index is 3.73. The lowest BCUT2D eigenvalue weighted by Gasteiger charge is -2.15. The van der Waals surface area contributed by atoms with Gasteiger partial charge in [0.25, 0.3) is 0 Å². The number of thioether (sulfide) groups is 1. The lowest BCUT2D eigenvalue weighted by Crippen LogP contribution is -2.35. The summed E-state index contributed by atoms with van der Waals surface area (Å²) in [6.45, 7) is 4.81. The molecule has 1 N–H and O–H groups in total. The highest BCUT2D eigenvalue weighted by molar-refractivity contribution is 7.99. The first kappa shape index (κ1) is 10.8. The molecular weight excluding hydrogens is 192 g/mol. The van der Waals surface area contributed by atoms with Crippen molar-refractivity contribution in [3.63, 3.8) is 0 Å². The predicted octanol–water partition coefficient (Wildman–Crippen LogP) is 1.42. The second-order valence-electron chi connectivity index (χ2n) is 4.86. The molecule has 0 spiro atoms. The summed E-state index contributed by atoms with van der Waals surface area (Å²) < 4.78 is 0. The van der Waals surface area contributed by atoms with Gasteiger partial charge >= 0.3 is 0 Å². The molecule has 0 bridgehead atoms. The zero-order chi connectivity index (χ0) is 9.97. The Labute approximate surface area is 91.8 Å². The molecule has 2 heterocycles. The first-order valence-electron chi connectivity index (χ1n) is 5.77. The second-order valence-corrected chi connectivity index (χ2v) is 6.01. The van der Waals surface area contributed by atoms with Crippen LogP contribution >= 0.6 is 11.8 Å². The molecule has 14 heavy (non-hydrogen) atoms. The van der Waals surface area contributed by atoms with E-state index in [1.165, 1.54) is 37.4 Å². The molecule has 0 aromatic heterocycles. The van der Waals surface area contributed by atoms with Gasteiger partial charge < -0.3 is 10.2 Å². The van der Waals surface area contributed by atoms with Crippen molar-refractivity contribution in [2.24, 2.45) is 5.92 Å². The van der Waals surface area contributed by atoms with E-state index in [0.717, 1.165) is 18.0 Å². The Hall–Kier alpha value is 0.270. The van der Waals surface area contributed by atoms with Gasteiger partial charge in [0.05, 0.1) is 0 Å². The van der Waals surface area contributed by atoms with Crippen LogP contribution in [0.3, 0.4) is 0 Å². The van der Waals surface area contributed by atoms with Crippen LogP contribution in [0, 0.1) is 5.92 Å². The van der Waals surface area contributed by atoms with E-state index in [-0.39, 0.29) is 0 Å². The summed E-state index contributed by atoms with van der Waals surface area (Å²) in [5.74, 6) is 3.71. The molecule has 82 valence electrons. The number of nitrogens with zero attached hydrogens (tertiary/aromatic N) is 1. The Kier molecular flexibility index (Phi) is 3.74. The molecule has 2 aliphatic heterocycles. The third kappa shape index (κ3) is 2.65. The van der Waals surface area contributed by atoms with E-state index in [1.807, 2.05) is 0 Å². The van der Waals surface area contributed by atoms with Crippen LogP contribution in [0.1, 0.15) is 19.8 Å². The van der Waals surface area contributed by atoms with Gasteiger partial charge in [0.15, 0.2) is 0 Å². The fourth-order valence-electron chi connectivity index (χ4n) is 2.42. The molecule has 2 nitrogen and oxygen atoms in total. The van der Waals surface area contributed by atoms with Crippen LogP contribution < -0.4 is 5.32 Å². The van der Waals surface area contributed by atoms with Crippen molar-refractivity contribution in [1.29, 1.82) is 0 Å². The average molecular weight is 214 g/mol. The van der Waals surface area contributed by atoms with Crippen LogP contribution in [0.4, 0.5) is 0 Å². The van der Waals surface area contributed by atoms with Crippen LogP contribution in [0.25, 0.3) is 0 Å². The minimum atomic E-state index is 0.751. The molecule has 2 aliphatic rings. The molecule has 2 saturated heterocycles. The van der Waals surface area contributed by atoms with Crippen LogP contribution in [0.15, 0.2) is 0 Å². The van der Waals surface area contributed by atoms with Crippen LogP contribution in [-0.2, 0) is 0 Å². The third-order valence-corrected chi connectivity index (χ3v) is 4.84. The number of nitrogens with one attached hydrogen (secondary N) is 1. The maximum absolute atomic E-state index is 3.73. The van der Waals surface area contributed by atoms with Gasteiger partial charge in [-0.3, -0.25) is 0 Å². The van der Waals surface area contributed by atoms with Gasteiger partial charge in [-0.25, -0.2) is 0 Å². The molecule has 0 saturated carbocycles. The number of hydrogen-bond donors (Lipinski definition) is 1. The van der Waals surface area contributed by atoms with Crippen LogP contribution in [0.2, 0.25) is 0 Å². The Morgan fingerprint density at radius 3 is 2.93 bits per heavy atom. The van der Waals surface area contributed by atoms with Crippen molar-refractivity contribution < 1.29 is 0 Å². The van der Waals surface area contributed by atoms with E-state index in [1.54, 1.807) is 0 Å². The normalized spacial score (nSPS) is 39.4. The summed E-state index contributed by atoms with van der Waals surface area (Å²) in [5, 5.41) is 3.73. The zero-order valence-corrected chi connectivity index (χ0v) is 10.1. The zero-order valence-electron chi connectivity index (χ0n) is 9.33. The summed E-state index contributed by atoms with van der Waals surface area (Å²) in [7, 11) is 2.23. The van der Waals surface area contributed by atoms with Gasteiger partial charge in [-0.2, -0.15) is 11.8 Å². The molecule has 3 heteroatoms. The van der Waals surface area contributed by atoms with E-state index < -0.39 is 0 Å². The summed E-state index contributed by atoms with van der Waals surface area (Å²) in [6, 6.07) is 1.52. The number of likely N-dealkylation sites (N-methyl/N-ethyl adjacent to an activating group) is 1. The monoisotopic (exact) mass is 214 g/mol. The largest absolute Gasteiger partial charge is 0.312 e. The SMILES string of the molecule is CC1CC(NCC2CCSC2)CN1C. The Bertz CT molecular complexity index is 170. The Balaban J connectivity index is 1.66. The van der Waals surface area contributed by atoms with Gasteiger partial charge in [0.2, 0.25) is 0 Å². The minimum Gasteiger partial charge on any atom is -0.312 e. The van der Waals surface area contributed by atoms with Crippen molar-refractivity contribution >= 4 is 11.8 Å². The Morgan fingerprint density at radius 2 is 2.36 bits per heavy atom. The first-order chi connectivity index (χ1) is 6.75. The molecule has 0 aromatic rings. The second kappa shape index (κ2) is 4.86. The standard InChI is InChI=1S/C11H22N2S/c1-9-5-11(7-13(9)2)12-6-10-3-4-14-8-10/h9-12H,3-8H2,1-2H3. The predicted molar refractivity (Wildman–Crippen MR) is 63.9 cm³/mol. The number of rotatable bonds is 3. The van der Waals surface area contributed by atoms with Crippen molar-refractivity contribution in [2.75, 3.05) is 31.6 Å². The third-order valence-electron chi connectivity index (χ3n) is 3.61. The highest BCUT2D eigenvalue weighted by Crippen LogP contribution is 2.23. The molecule has 0 amide bonds. The van der Waals surface area contributed by atoms with E-state index in [9.17, 15) is 0 Å². The van der Waals surface area contributed by atoms with Crippen molar-refractivity contribution in [2.45, 2.75) is 31.8 Å². The number of hydrogen-bond acceptors (Lipinski definition) is 3. The summed E-state index contributed by atoms with van der Waals surface area (Å²) in [5.41, 5.74) is 0. The lowest BCUT2D eigenvalue weighted by atomic mass is 10.1. The number of likely N-dealkylation sites (tertiary alicyclic amines) is 1. The lowest BCUT2D eigenvalue weighted by molar-refractivity contribution is 0.325. The quantitative estimate of drug-likeness (QED) is 0.765. The molecule has 2 fully saturated rings. The maximum Gasteiger partial charge on any atom is 0.0209 e. The van der Waals surface area contributed by atoms with Crippen molar-refractivity contribution in [1.82, 2.24) is 10.2 Å². The van der Waals surface area contributed by atoms with E-state index in [4.69, 9.17) is 0 Å². The molecule has 2 rings (SSSR count).